The molecule has 0 saturated heterocycles. The molecule has 1 heterocycles. The molecule has 21 heavy (non-hydrogen) atoms. The number of aliphatic hydroxyl groups is 1. The number of hydrogen-bond donors (Lipinski definition) is 2. The van der Waals surface area contributed by atoms with E-state index in [1.807, 2.05) is 0 Å². The van der Waals surface area contributed by atoms with Gasteiger partial charge < -0.3 is 15.2 Å². The van der Waals surface area contributed by atoms with Crippen molar-refractivity contribution in [1.82, 2.24) is 9.97 Å². The van der Waals surface area contributed by atoms with Crippen LogP contribution in [0.25, 0.3) is 0 Å². The number of nitrogens with one attached hydrogen (secondary N) is 1. The van der Waals surface area contributed by atoms with Gasteiger partial charge >= 0.3 is 5.97 Å². The third-order valence-corrected chi connectivity index (χ3v) is 2.82. The van der Waals surface area contributed by atoms with Crippen LogP contribution in [0.1, 0.15) is 50.2 Å². The maximum absolute atomic E-state index is 11.6. The van der Waals surface area contributed by atoms with Crippen molar-refractivity contribution in [3.63, 3.8) is 0 Å². The number of nitrogens with zero attached hydrogens (tertiary/aromatic N) is 2. The minimum absolute atomic E-state index is 0.0611. The zero-order chi connectivity index (χ0) is 16.0. The molecule has 0 spiro atoms. The number of carbonyl (C=O) groups is 1. The largest absolute Gasteiger partial charge is 0.462 e. The number of aryl methyl sites for hydroxylation is 1. The van der Waals surface area contributed by atoms with Crippen molar-refractivity contribution in [2.24, 2.45) is 5.41 Å². The summed E-state index contributed by atoms with van der Waals surface area (Å²) in [7, 11) is 0. The minimum atomic E-state index is -0.473. The highest BCUT2D eigenvalue weighted by molar-refractivity contribution is 5.90. The molecule has 0 aromatic carbocycles. The number of aliphatic hydroxyl groups excluding tert-OH is 1. The Balaban J connectivity index is 2.62. The fourth-order valence-electron chi connectivity index (χ4n) is 1.95. The third kappa shape index (κ3) is 6.08. The van der Waals surface area contributed by atoms with Gasteiger partial charge in [-0.2, -0.15) is 0 Å². The summed E-state index contributed by atoms with van der Waals surface area (Å²) in [4.78, 5) is 19.9. The van der Waals surface area contributed by atoms with E-state index in [1.54, 1.807) is 13.8 Å². The number of hydrogen-bond acceptors (Lipinski definition) is 6. The maximum Gasteiger partial charge on any atom is 0.341 e. The molecule has 1 aromatic heterocycles. The number of carbonyl (C=O) groups excluding carboxylic acids is 1. The van der Waals surface area contributed by atoms with Crippen LogP contribution in [-0.2, 0) is 4.74 Å². The first kappa shape index (κ1) is 17.4. The van der Waals surface area contributed by atoms with E-state index in [0.29, 0.717) is 36.8 Å². The quantitative estimate of drug-likeness (QED) is 0.782. The monoisotopic (exact) mass is 295 g/mol. The molecular formula is C15H25N3O3. The van der Waals surface area contributed by atoms with E-state index in [-0.39, 0.29) is 5.41 Å². The van der Waals surface area contributed by atoms with Gasteiger partial charge in [0.05, 0.1) is 24.0 Å². The zero-order valence-corrected chi connectivity index (χ0v) is 13.4. The van der Waals surface area contributed by atoms with Crippen molar-refractivity contribution in [2.75, 3.05) is 18.5 Å². The molecule has 0 aliphatic rings. The van der Waals surface area contributed by atoms with Crippen LogP contribution in [0.3, 0.4) is 0 Å². The molecule has 1 atom stereocenters. The van der Waals surface area contributed by atoms with Gasteiger partial charge in [0.2, 0.25) is 5.95 Å². The lowest BCUT2D eigenvalue weighted by Crippen LogP contribution is -2.26. The lowest BCUT2D eigenvalue weighted by Gasteiger charge is -2.22. The topological polar surface area (TPSA) is 84.3 Å². The van der Waals surface area contributed by atoms with Crippen LogP contribution in [-0.4, -0.2) is 40.3 Å². The average molecular weight is 295 g/mol. The lowest BCUT2D eigenvalue weighted by molar-refractivity contribution is 0.0524. The molecule has 1 unspecified atom stereocenters. The first-order valence-corrected chi connectivity index (χ1v) is 7.15. The van der Waals surface area contributed by atoms with E-state index in [9.17, 15) is 9.90 Å². The molecule has 2 N–H and O–H groups in total. The van der Waals surface area contributed by atoms with Crippen molar-refractivity contribution in [1.29, 1.82) is 0 Å². The molecule has 6 heteroatoms. The Morgan fingerprint density at radius 1 is 1.48 bits per heavy atom. The van der Waals surface area contributed by atoms with Gasteiger partial charge in [0, 0.05) is 12.7 Å². The van der Waals surface area contributed by atoms with Crippen LogP contribution in [0, 0.1) is 12.3 Å². The van der Waals surface area contributed by atoms with Crippen LogP contribution in [0.2, 0.25) is 0 Å². The van der Waals surface area contributed by atoms with Gasteiger partial charge in [-0.05, 0) is 25.7 Å². The second-order valence-corrected chi connectivity index (χ2v) is 6.21. The van der Waals surface area contributed by atoms with Crippen molar-refractivity contribution in [3.05, 3.63) is 17.5 Å². The van der Waals surface area contributed by atoms with Gasteiger partial charge in [-0.3, -0.25) is 0 Å². The van der Waals surface area contributed by atoms with Crippen molar-refractivity contribution >= 4 is 11.9 Å². The normalized spacial score (nSPS) is 12.9. The Morgan fingerprint density at radius 3 is 2.67 bits per heavy atom. The van der Waals surface area contributed by atoms with Gasteiger partial charge in [-0.1, -0.05) is 20.8 Å². The fourth-order valence-corrected chi connectivity index (χ4v) is 1.95. The molecule has 1 rings (SSSR count). The first-order chi connectivity index (χ1) is 9.73. The number of anilines is 1. The summed E-state index contributed by atoms with van der Waals surface area (Å²) in [5.41, 5.74) is 0.972. The number of ether oxygens (including phenoxy) is 1. The molecule has 118 valence electrons. The summed E-state index contributed by atoms with van der Waals surface area (Å²) in [6.45, 7) is 10.4. The first-order valence-electron chi connectivity index (χ1n) is 7.15. The van der Waals surface area contributed by atoms with Crippen LogP contribution >= 0.6 is 0 Å². The van der Waals surface area contributed by atoms with Crippen molar-refractivity contribution in [2.45, 2.75) is 47.1 Å². The van der Waals surface area contributed by atoms with E-state index < -0.39 is 12.1 Å². The second-order valence-electron chi connectivity index (χ2n) is 6.21. The third-order valence-electron chi connectivity index (χ3n) is 2.82. The maximum atomic E-state index is 11.6. The molecule has 0 radical (unpaired) electrons. The zero-order valence-electron chi connectivity index (χ0n) is 13.4. The summed E-state index contributed by atoms with van der Waals surface area (Å²) < 4.78 is 4.92. The Morgan fingerprint density at radius 2 is 2.14 bits per heavy atom. The molecule has 0 fully saturated rings. The highest BCUT2D eigenvalue weighted by Gasteiger charge is 2.17. The second kappa shape index (κ2) is 7.36. The fraction of sp³-hybridized carbons (Fsp3) is 0.667. The molecule has 1 aromatic rings. The number of esters is 1. The van der Waals surface area contributed by atoms with Crippen LogP contribution in [0.4, 0.5) is 5.95 Å². The average Bonchev–Trinajstić information content (AvgIpc) is 2.34. The molecule has 0 aliphatic heterocycles. The van der Waals surface area contributed by atoms with E-state index in [1.165, 1.54) is 6.20 Å². The Kier molecular flexibility index (Phi) is 6.08. The molecular weight excluding hydrogens is 270 g/mol. The standard InChI is InChI=1S/C15H25N3O3/c1-6-21-13(20)12-9-17-14(18-10(12)2)16-8-11(19)7-15(3,4)5/h9,11,19H,6-8H2,1-5H3,(H,16,17,18). The van der Waals surface area contributed by atoms with Gasteiger partial charge in [-0.15, -0.1) is 0 Å². The summed E-state index contributed by atoms with van der Waals surface area (Å²) in [5.74, 6) is -0.0252. The van der Waals surface area contributed by atoms with Crippen LogP contribution < -0.4 is 5.32 Å². The number of rotatable bonds is 6. The highest BCUT2D eigenvalue weighted by atomic mass is 16.5. The summed E-state index contributed by atoms with van der Waals surface area (Å²) in [5, 5.41) is 12.9. The van der Waals surface area contributed by atoms with E-state index in [0.717, 1.165) is 0 Å². The highest BCUT2D eigenvalue weighted by Crippen LogP contribution is 2.20. The molecule has 0 aliphatic carbocycles. The van der Waals surface area contributed by atoms with Crippen LogP contribution in [0.15, 0.2) is 6.20 Å². The Bertz CT molecular complexity index is 484. The van der Waals surface area contributed by atoms with E-state index in [2.05, 4.69) is 36.1 Å². The van der Waals surface area contributed by atoms with Crippen molar-refractivity contribution < 1.29 is 14.6 Å². The summed E-state index contributed by atoms with van der Waals surface area (Å²) in [6, 6.07) is 0. The van der Waals surface area contributed by atoms with Crippen LogP contribution in [0.5, 0.6) is 0 Å². The molecule has 0 amide bonds. The van der Waals surface area contributed by atoms with Gasteiger partial charge in [0.15, 0.2) is 0 Å². The molecule has 0 saturated carbocycles. The Hall–Kier alpha value is -1.69. The predicted molar refractivity (Wildman–Crippen MR) is 81.3 cm³/mol. The summed E-state index contributed by atoms with van der Waals surface area (Å²) in [6.07, 6.45) is 1.65. The Labute approximate surface area is 126 Å². The van der Waals surface area contributed by atoms with Gasteiger partial charge in [-0.25, -0.2) is 14.8 Å². The molecule has 6 nitrogen and oxygen atoms in total. The minimum Gasteiger partial charge on any atom is -0.462 e. The SMILES string of the molecule is CCOC(=O)c1cnc(NCC(O)CC(C)(C)C)nc1C. The number of aromatic nitrogens is 2. The van der Waals surface area contributed by atoms with Gasteiger partial charge in [0.25, 0.3) is 0 Å². The van der Waals surface area contributed by atoms with E-state index in [4.69, 9.17) is 4.74 Å². The summed E-state index contributed by atoms with van der Waals surface area (Å²) >= 11 is 0. The van der Waals surface area contributed by atoms with Crippen molar-refractivity contribution in [3.8, 4) is 0 Å². The van der Waals surface area contributed by atoms with Gasteiger partial charge in [0.1, 0.15) is 0 Å². The van der Waals surface area contributed by atoms with E-state index >= 15 is 0 Å². The predicted octanol–water partition coefficient (Wildman–Crippen LogP) is 2.17. The lowest BCUT2D eigenvalue weighted by atomic mass is 9.89. The smallest absolute Gasteiger partial charge is 0.341 e. The molecule has 0 bridgehead atoms.